The van der Waals surface area contributed by atoms with Crippen LogP contribution < -0.4 is 21.1 Å². The minimum Gasteiger partial charge on any atom is -0.494 e. The summed E-state index contributed by atoms with van der Waals surface area (Å²) in [6, 6.07) is 7.14. The number of alkyl halides is 2. The number of fused-ring (bicyclic) bond motifs is 1. The molecule has 4 aromatic rings. The predicted octanol–water partition coefficient (Wildman–Crippen LogP) is 4.31. The molecule has 2 aromatic carbocycles. The van der Waals surface area contributed by atoms with Crippen LogP contribution >= 0.6 is 0 Å². The highest BCUT2D eigenvalue weighted by Crippen LogP contribution is 2.31. The highest BCUT2D eigenvalue weighted by molar-refractivity contribution is 5.96. The number of imidazole rings is 1. The van der Waals surface area contributed by atoms with Gasteiger partial charge in [-0.05, 0) is 48.9 Å². The van der Waals surface area contributed by atoms with E-state index in [1.807, 2.05) is 0 Å². The van der Waals surface area contributed by atoms with Gasteiger partial charge < -0.3 is 21.1 Å². The lowest BCUT2D eigenvalue weighted by Gasteiger charge is -2.13. The van der Waals surface area contributed by atoms with Gasteiger partial charge in [0, 0.05) is 42.2 Å². The summed E-state index contributed by atoms with van der Waals surface area (Å²) >= 11 is 0. The van der Waals surface area contributed by atoms with Gasteiger partial charge in [0.2, 0.25) is 12.2 Å². The fourth-order valence-corrected chi connectivity index (χ4v) is 3.86. The number of nitrogens with two attached hydrogens (primary N) is 1. The number of hydrogen-bond donors (Lipinski definition) is 3. The summed E-state index contributed by atoms with van der Waals surface area (Å²) in [5.41, 5.74) is 6.62. The topological polar surface area (TPSA) is 107 Å². The highest BCUT2D eigenvalue weighted by Gasteiger charge is 2.20. The van der Waals surface area contributed by atoms with Crippen LogP contribution in [0.3, 0.4) is 0 Å². The van der Waals surface area contributed by atoms with Gasteiger partial charge in [0.15, 0.2) is 23.0 Å². The molecule has 37 heavy (non-hydrogen) atoms. The second kappa shape index (κ2) is 11.2. The number of ether oxygens (including phenoxy) is 1. The van der Waals surface area contributed by atoms with E-state index in [0.29, 0.717) is 25.2 Å². The van der Waals surface area contributed by atoms with Crippen LogP contribution in [0, 0.1) is 11.6 Å². The summed E-state index contributed by atoms with van der Waals surface area (Å²) in [6.45, 7) is 0.720. The fraction of sp³-hybridized carbons (Fsp3) is 0.240. The Balaban J connectivity index is 1.67. The number of nitrogens with one attached hydrogen (secondary N) is 2. The van der Waals surface area contributed by atoms with Crippen LogP contribution in [0.2, 0.25) is 0 Å². The molecule has 4 N–H and O–H groups in total. The van der Waals surface area contributed by atoms with Crippen molar-refractivity contribution in [2.75, 3.05) is 25.5 Å². The van der Waals surface area contributed by atoms with Crippen molar-refractivity contribution in [3.8, 4) is 17.0 Å². The molecule has 0 unspecified atom stereocenters. The first kappa shape index (κ1) is 25.9. The zero-order valence-corrected chi connectivity index (χ0v) is 19.8. The summed E-state index contributed by atoms with van der Waals surface area (Å²) in [5.74, 6) is -2.67. The van der Waals surface area contributed by atoms with Gasteiger partial charge in [-0.3, -0.25) is 9.20 Å². The van der Waals surface area contributed by atoms with Gasteiger partial charge in [-0.2, -0.15) is 4.39 Å². The molecule has 0 spiro atoms. The minimum atomic E-state index is -2.66. The molecule has 0 bridgehead atoms. The Morgan fingerprint density at radius 1 is 1.16 bits per heavy atom. The Hall–Kier alpha value is -4.19. The van der Waals surface area contributed by atoms with E-state index in [-0.39, 0.29) is 39.6 Å². The van der Waals surface area contributed by atoms with Crippen molar-refractivity contribution in [3.05, 3.63) is 71.7 Å². The lowest BCUT2D eigenvalue weighted by Crippen LogP contribution is -2.27. The predicted molar refractivity (Wildman–Crippen MR) is 130 cm³/mol. The van der Waals surface area contributed by atoms with E-state index in [2.05, 4.69) is 20.6 Å². The van der Waals surface area contributed by atoms with Crippen molar-refractivity contribution in [1.29, 1.82) is 0 Å². The van der Waals surface area contributed by atoms with E-state index in [1.54, 1.807) is 6.07 Å². The molecule has 4 rings (SSSR count). The molecule has 2 aromatic heterocycles. The molecule has 0 saturated carbocycles. The van der Waals surface area contributed by atoms with Gasteiger partial charge >= 0.3 is 0 Å². The number of halogens is 4. The van der Waals surface area contributed by atoms with Crippen molar-refractivity contribution >= 4 is 23.1 Å². The van der Waals surface area contributed by atoms with Gasteiger partial charge in [-0.1, -0.05) is 0 Å². The van der Waals surface area contributed by atoms with Crippen LogP contribution in [-0.2, 0) is 6.42 Å². The Labute approximate surface area is 209 Å². The van der Waals surface area contributed by atoms with Gasteiger partial charge in [0.1, 0.15) is 0 Å². The van der Waals surface area contributed by atoms with E-state index >= 15 is 0 Å². The second-order valence-corrected chi connectivity index (χ2v) is 8.05. The Morgan fingerprint density at radius 3 is 2.70 bits per heavy atom. The Bertz CT molecular complexity index is 1430. The molecule has 0 saturated heterocycles. The van der Waals surface area contributed by atoms with Crippen molar-refractivity contribution < 1.29 is 27.1 Å². The first-order chi connectivity index (χ1) is 17.8. The van der Waals surface area contributed by atoms with Crippen molar-refractivity contribution in [1.82, 2.24) is 19.7 Å². The fourth-order valence-electron chi connectivity index (χ4n) is 3.86. The minimum absolute atomic E-state index is 0.0350. The number of benzene rings is 2. The molecular weight excluding hydrogens is 492 g/mol. The molecule has 2 heterocycles. The normalized spacial score (nSPS) is 11.2. The molecule has 0 atom stereocenters. The molecule has 0 fully saturated rings. The number of hydrogen-bond acceptors (Lipinski definition) is 6. The lowest BCUT2D eigenvalue weighted by molar-refractivity contribution is 0.0951. The van der Waals surface area contributed by atoms with Crippen LogP contribution in [-0.4, -0.2) is 46.9 Å². The standard InChI is InChI=1S/C25H24F4N6O2/c1-37-19-6-5-17(21(28)22(19)29)18-13-33-24-23(31-9-10-35(18)24)34-15-3-4-16(14(11-15)12-20(26)27)25(36)32-8-2-7-30/h3-6,9-11,13,20H,2,7-8,12,30H2,1H3,(H,31,34)(H,32,36). The number of rotatable bonds is 10. The number of anilines is 2. The van der Waals surface area contributed by atoms with Crippen molar-refractivity contribution in [2.24, 2.45) is 5.73 Å². The van der Waals surface area contributed by atoms with Gasteiger partial charge in [-0.25, -0.2) is 23.1 Å². The van der Waals surface area contributed by atoms with E-state index in [1.165, 1.54) is 54.4 Å². The molecule has 0 radical (unpaired) electrons. The van der Waals surface area contributed by atoms with Gasteiger partial charge in [-0.15, -0.1) is 0 Å². The summed E-state index contributed by atoms with van der Waals surface area (Å²) in [4.78, 5) is 21.0. The number of methoxy groups -OCH3 is 1. The van der Waals surface area contributed by atoms with Crippen molar-refractivity contribution in [2.45, 2.75) is 19.3 Å². The van der Waals surface area contributed by atoms with Crippen LogP contribution in [0.25, 0.3) is 16.9 Å². The molecule has 1 amide bonds. The Morgan fingerprint density at radius 2 is 1.97 bits per heavy atom. The van der Waals surface area contributed by atoms with Gasteiger partial charge in [0.05, 0.1) is 19.0 Å². The first-order valence-electron chi connectivity index (χ1n) is 11.3. The largest absolute Gasteiger partial charge is 0.494 e. The molecule has 0 aliphatic carbocycles. The highest BCUT2D eigenvalue weighted by atomic mass is 19.3. The number of carbonyl (C=O) groups excluding carboxylic acids is 1. The third-order valence-electron chi connectivity index (χ3n) is 5.62. The van der Waals surface area contributed by atoms with Gasteiger partial charge in [0.25, 0.3) is 5.91 Å². The van der Waals surface area contributed by atoms with Crippen LogP contribution in [0.15, 0.2) is 48.9 Å². The van der Waals surface area contributed by atoms with Crippen molar-refractivity contribution in [3.63, 3.8) is 0 Å². The second-order valence-electron chi connectivity index (χ2n) is 8.05. The molecule has 8 nitrogen and oxygen atoms in total. The van der Waals surface area contributed by atoms with Crippen LogP contribution in [0.4, 0.5) is 29.1 Å². The maximum Gasteiger partial charge on any atom is 0.251 e. The SMILES string of the molecule is COc1ccc(-c2cnc3c(Nc4ccc(C(=O)NCCCN)c(CC(F)F)c4)nccn23)c(F)c1F. The van der Waals surface area contributed by atoms with E-state index < -0.39 is 30.4 Å². The third kappa shape index (κ3) is 5.48. The maximum atomic E-state index is 14.7. The lowest BCUT2D eigenvalue weighted by atomic mass is 10.0. The number of amides is 1. The maximum absolute atomic E-state index is 14.7. The number of aromatic nitrogens is 3. The summed E-state index contributed by atoms with van der Waals surface area (Å²) < 4.78 is 61.8. The molecular formula is C25H24F4N6O2. The number of carbonyl (C=O) groups is 1. The van der Waals surface area contributed by atoms with E-state index in [0.717, 1.165) is 0 Å². The van der Waals surface area contributed by atoms with E-state index in [9.17, 15) is 22.4 Å². The average Bonchev–Trinajstić information content (AvgIpc) is 3.30. The molecule has 0 aliphatic rings. The summed E-state index contributed by atoms with van der Waals surface area (Å²) in [5, 5.41) is 5.68. The Kier molecular flexibility index (Phi) is 7.87. The summed E-state index contributed by atoms with van der Waals surface area (Å²) in [6.07, 6.45) is 1.59. The quantitative estimate of drug-likeness (QED) is 0.214. The number of nitrogens with zero attached hydrogens (tertiary/aromatic N) is 3. The first-order valence-corrected chi connectivity index (χ1v) is 11.3. The molecule has 194 valence electrons. The average molecular weight is 516 g/mol. The molecule has 0 aliphatic heterocycles. The summed E-state index contributed by atoms with van der Waals surface area (Å²) in [7, 11) is 1.24. The van der Waals surface area contributed by atoms with Crippen LogP contribution in [0.1, 0.15) is 22.3 Å². The van der Waals surface area contributed by atoms with E-state index in [4.69, 9.17) is 10.5 Å². The third-order valence-corrected chi connectivity index (χ3v) is 5.62. The zero-order valence-electron chi connectivity index (χ0n) is 19.8. The van der Waals surface area contributed by atoms with Crippen LogP contribution in [0.5, 0.6) is 5.75 Å². The smallest absolute Gasteiger partial charge is 0.251 e. The monoisotopic (exact) mass is 516 g/mol. The molecule has 12 heteroatoms. The zero-order chi connectivity index (χ0) is 26.5.